The maximum Gasteiger partial charge on any atom is 0.346 e. The van der Waals surface area contributed by atoms with Crippen LogP contribution in [0.1, 0.15) is 20.3 Å². The van der Waals surface area contributed by atoms with E-state index in [9.17, 15) is 9.59 Å². The second-order valence-electron chi connectivity index (χ2n) is 8.95. The quantitative estimate of drug-likeness (QED) is 0.227. The molecule has 0 amide bonds. The van der Waals surface area contributed by atoms with E-state index in [0.717, 1.165) is 12.2 Å². The van der Waals surface area contributed by atoms with Crippen molar-refractivity contribution < 1.29 is 27.3 Å². The third kappa shape index (κ3) is 10.2. The maximum absolute atomic E-state index is 12.4. The van der Waals surface area contributed by atoms with Crippen molar-refractivity contribution in [3.8, 4) is 5.75 Å². The lowest BCUT2D eigenvalue weighted by molar-refractivity contribution is -0.147. The molecule has 29 heavy (non-hydrogen) atoms. The van der Waals surface area contributed by atoms with Gasteiger partial charge in [0.25, 0.3) is 0 Å². The van der Waals surface area contributed by atoms with E-state index in [2.05, 4.69) is 39.3 Å². The van der Waals surface area contributed by atoms with E-state index >= 15 is 0 Å². The number of para-hydroxylation sites is 1. The molecule has 0 aliphatic heterocycles. The summed E-state index contributed by atoms with van der Waals surface area (Å²) in [6.07, 6.45) is 2.72. The van der Waals surface area contributed by atoms with E-state index in [-0.39, 0.29) is 0 Å². The SMILES string of the molecule is CCC(C)(OC(=O)C=CC(=O)Oc1ccccc1)[SiH](O[Si](C)(C)C)O[Si](C)(C)C. The molecule has 0 N–H and O–H groups in total. The Morgan fingerprint density at radius 1 is 0.931 bits per heavy atom. The fraction of sp³-hybridized carbons (Fsp3) is 0.500. The van der Waals surface area contributed by atoms with Crippen LogP contribution in [0.2, 0.25) is 39.3 Å². The number of carbonyl (C=O) groups excluding carboxylic acids is 2. The summed E-state index contributed by atoms with van der Waals surface area (Å²) >= 11 is 0. The van der Waals surface area contributed by atoms with Gasteiger partial charge in [-0.3, -0.25) is 0 Å². The Labute approximate surface area is 178 Å². The minimum absolute atomic E-state index is 0.411. The van der Waals surface area contributed by atoms with Crippen LogP contribution in [0, 0.1) is 0 Å². The molecule has 0 saturated heterocycles. The molecule has 6 nitrogen and oxygen atoms in total. The van der Waals surface area contributed by atoms with Gasteiger partial charge in [0.2, 0.25) is 0 Å². The molecule has 1 unspecified atom stereocenters. The Kier molecular flexibility index (Phi) is 9.22. The Hall–Kier alpha value is -1.53. The third-order valence-electron chi connectivity index (χ3n) is 3.77. The molecule has 0 aliphatic rings. The number of carbonyl (C=O) groups is 2. The van der Waals surface area contributed by atoms with Crippen molar-refractivity contribution in [3.63, 3.8) is 0 Å². The van der Waals surface area contributed by atoms with Crippen LogP contribution >= 0.6 is 0 Å². The molecule has 1 aromatic carbocycles. The first-order valence-electron chi connectivity index (χ1n) is 9.78. The Morgan fingerprint density at radius 3 is 1.86 bits per heavy atom. The summed E-state index contributed by atoms with van der Waals surface area (Å²) < 4.78 is 23.6. The molecular weight excluding hydrogens is 420 g/mol. The fourth-order valence-corrected chi connectivity index (χ4v) is 10.5. The van der Waals surface area contributed by atoms with Gasteiger partial charge in [-0.1, -0.05) is 25.1 Å². The van der Waals surface area contributed by atoms with Crippen LogP contribution in [0.3, 0.4) is 0 Å². The van der Waals surface area contributed by atoms with Gasteiger partial charge in [0.1, 0.15) is 11.0 Å². The zero-order valence-electron chi connectivity index (χ0n) is 18.8. The van der Waals surface area contributed by atoms with Crippen molar-refractivity contribution in [1.82, 2.24) is 0 Å². The van der Waals surface area contributed by atoms with Crippen molar-refractivity contribution in [2.24, 2.45) is 0 Å². The van der Waals surface area contributed by atoms with E-state index < -0.39 is 43.1 Å². The highest BCUT2D eigenvalue weighted by molar-refractivity contribution is 6.81. The Balaban J connectivity index is 2.86. The standard InChI is InChI=1S/C20H34O6Si3/c1-9-20(2,27(25-28(3,4)5)26-29(6,7)8)24-19(22)16-15-18(21)23-17-13-11-10-12-14-17/h10-16,27H,9H2,1-8H3. The minimum atomic E-state index is -2.35. The zero-order chi connectivity index (χ0) is 22.3. The normalized spacial score (nSPS) is 14.7. The first kappa shape index (κ1) is 25.5. The molecule has 0 aromatic heterocycles. The van der Waals surface area contributed by atoms with Crippen LogP contribution in [0.25, 0.3) is 0 Å². The first-order chi connectivity index (χ1) is 13.2. The minimum Gasteiger partial charge on any atom is -0.455 e. The monoisotopic (exact) mass is 454 g/mol. The highest BCUT2D eigenvalue weighted by atomic mass is 28.4. The van der Waals surface area contributed by atoms with Crippen molar-refractivity contribution in [2.75, 3.05) is 0 Å². The lowest BCUT2D eigenvalue weighted by Crippen LogP contribution is -2.57. The van der Waals surface area contributed by atoms with Crippen LogP contribution in [-0.4, -0.2) is 43.1 Å². The predicted octanol–water partition coefficient (Wildman–Crippen LogP) is 4.32. The average molecular weight is 455 g/mol. The number of benzene rings is 1. The van der Waals surface area contributed by atoms with Gasteiger partial charge < -0.3 is 17.7 Å². The second kappa shape index (κ2) is 10.5. The molecule has 0 aliphatic carbocycles. The average Bonchev–Trinajstić information content (AvgIpc) is 2.58. The summed E-state index contributed by atoms with van der Waals surface area (Å²) in [5, 5.41) is -0.842. The first-order valence-corrected chi connectivity index (χ1v) is 18.1. The van der Waals surface area contributed by atoms with Crippen LogP contribution in [-0.2, 0) is 22.6 Å². The largest absolute Gasteiger partial charge is 0.455 e. The summed E-state index contributed by atoms with van der Waals surface area (Å²) in [5.41, 5.74) is 0. The van der Waals surface area contributed by atoms with Crippen molar-refractivity contribution >= 4 is 37.9 Å². The van der Waals surface area contributed by atoms with Crippen molar-refractivity contribution in [3.05, 3.63) is 42.5 Å². The van der Waals surface area contributed by atoms with E-state index in [1.54, 1.807) is 24.3 Å². The lowest BCUT2D eigenvalue weighted by Gasteiger charge is -2.40. The van der Waals surface area contributed by atoms with E-state index in [4.69, 9.17) is 17.7 Å². The molecule has 0 radical (unpaired) electrons. The molecule has 9 heteroatoms. The number of esters is 2. The topological polar surface area (TPSA) is 71.1 Å². The highest BCUT2D eigenvalue weighted by Gasteiger charge is 2.45. The molecule has 0 fully saturated rings. The van der Waals surface area contributed by atoms with Crippen LogP contribution in [0.5, 0.6) is 5.75 Å². The predicted molar refractivity (Wildman–Crippen MR) is 122 cm³/mol. The fourth-order valence-electron chi connectivity index (χ4n) is 2.24. The number of hydrogen-bond donors (Lipinski definition) is 0. The molecule has 0 bridgehead atoms. The van der Waals surface area contributed by atoms with E-state index in [1.807, 2.05) is 19.9 Å². The van der Waals surface area contributed by atoms with Gasteiger partial charge in [-0.15, -0.1) is 0 Å². The summed E-state index contributed by atoms with van der Waals surface area (Å²) in [6.45, 7) is 16.4. The van der Waals surface area contributed by atoms with Gasteiger partial charge in [0, 0.05) is 12.2 Å². The summed E-state index contributed by atoms with van der Waals surface area (Å²) in [6, 6.07) is 8.66. The number of hydrogen-bond acceptors (Lipinski definition) is 6. The van der Waals surface area contributed by atoms with Gasteiger partial charge in [-0.05, 0) is 64.8 Å². The summed E-state index contributed by atoms with van der Waals surface area (Å²) in [5.74, 6) is -0.847. The van der Waals surface area contributed by atoms with Gasteiger partial charge in [0.15, 0.2) is 16.6 Å². The van der Waals surface area contributed by atoms with Gasteiger partial charge in [-0.2, -0.15) is 0 Å². The third-order valence-corrected chi connectivity index (χ3v) is 12.7. The van der Waals surface area contributed by atoms with Crippen LogP contribution < -0.4 is 4.74 Å². The second-order valence-corrected chi connectivity index (χ2v) is 21.2. The van der Waals surface area contributed by atoms with Crippen molar-refractivity contribution in [2.45, 2.75) is 64.8 Å². The summed E-state index contributed by atoms with van der Waals surface area (Å²) in [7, 11) is -6.15. The maximum atomic E-state index is 12.4. The Bertz CT molecular complexity index is 693. The molecule has 0 saturated carbocycles. The molecule has 0 spiro atoms. The number of rotatable bonds is 10. The van der Waals surface area contributed by atoms with E-state index in [1.165, 1.54) is 0 Å². The van der Waals surface area contributed by atoms with Gasteiger partial charge in [-0.25, -0.2) is 9.59 Å². The highest BCUT2D eigenvalue weighted by Crippen LogP contribution is 2.26. The zero-order valence-corrected chi connectivity index (χ0v) is 21.9. The molecule has 1 aromatic rings. The Morgan fingerprint density at radius 2 is 1.41 bits per heavy atom. The molecule has 1 rings (SSSR count). The number of ether oxygens (including phenoxy) is 2. The lowest BCUT2D eigenvalue weighted by atomic mass is 10.3. The van der Waals surface area contributed by atoms with Gasteiger partial charge >= 0.3 is 21.2 Å². The van der Waals surface area contributed by atoms with Crippen LogP contribution in [0.4, 0.5) is 0 Å². The smallest absolute Gasteiger partial charge is 0.346 e. The van der Waals surface area contributed by atoms with Crippen LogP contribution in [0.15, 0.2) is 42.5 Å². The van der Waals surface area contributed by atoms with E-state index in [0.29, 0.717) is 12.2 Å². The summed E-state index contributed by atoms with van der Waals surface area (Å²) in [4.78, 5) is 24.3. The van der Waals surface area contributed by atoms with Gasteiger partial charge in [0.05, 0.1) is 0 Å². The van der Waals surface area contributed by atoms with Crippen molar-refractivity contribution in [1.29, 1.82) is 0 Å². The molecule has 162 valence electrons. The molecular formula is C20H34O6Si3. The molecule has 1 atom stereocenters. The molecule has 0 heterocycles.